The van der Waals surface area contributed by atoms with Gasteiger partial charge < -0.3 is 9.52 Å². The van der Waals surface area contributed by atoms with Crippen LogP contribution in [0.4, 0.5) is 0 Å². The van der Waals surface area contributed by atoms with Crippen molar-refractivity contribution < 1.29 is 22.7 Å². The summed E-state index contributed by atoms with van der Waals surface area (Å²) >= 11 is 0. The summed E-state index contributed by atoms with van der Waals surface area (Å²) in [6, 6.07) is 5.39. The molecule has 2 aromatic heterocycles. The summed E-state index contributed by atoms with van der Waals surface area (Å²) in [6.45, 7) is 0. The van der Waals surface area contributed by atoms with Gasteiger partial charge in [0.25, 0.3) is 0 Å². The molecule has 7 heteroatoms. The number of hydrogen-bond donors (Lipinski definition) is 1. The van der Waals surface area contributed by atoms with Crippen LogP contribution in [0.1, 0.15) is 16.1 Å². The number of aromatic carboxylic acids is 1. The monoisotopic (exact) mass is 267 g/mol. The summed E-state index contributed by atoms with van der Waals surface area (Å²) in [6.07, 6.45) is 2.96. The Kier molecular flexibility index (Phi) is 3.15. The van der Waals surface area contributed by atoms with Crippen LogP contribution in [0.15, 0.2) is 46.2 Å². The Morgan fingerprint density at radius 2 is 1.89 bits per heavy atom. The topological polar surface area (TPSA) is 97.5 Å². The summed E-state index contributed by atoms with van der Waals surface area (Å²) in [7, 11) is -3.68. The molecule has 2 heterocycles. The van der Waals surface area contributed by atoms with Gasteiger partial charge in [0.05, 0.1) is 5.75 Å². The van der Waals surface area contributed by atoms with Crippen molar-refractivity contribution in [3.05, 3.63) is 48.0 Å². The van der Waals surface area contributed by atoms with Gasteiger partial charge in [0.15, 0.2) is 0 Å². The van der Waals surface area contributed by atoms with Crippen molar-refractivity contribution in [2.75, 3.05) is 0 Å². The van der Waals surface area contributed by atoms with Gasteiger partial charge in [-0.1, -0.05) is 0 Å². The molecule has 2 aromatic rings. The molecule has 0 fully saturated rings. The molecule has 0 aliphatic rings. The van der Waals surface area contributed by atoms with Crippen LogP contribution in [-0.2, 0) is 15.6 Å². The van der Waals surface area contributed by atoms with E-state index in [-0.39, 0.29) is 10.8 Å². The van der Waals surface area contributed by atoms with Crippen LogP contribution in [0.25, 0.3) is 0 Å². The number of aromatic nitrogens is 1. The first-order chi connectivity index (χ1) is 8.49. The Hall–Kier alpha value is -2.15. The summed E-state index contributed by atoms with van der Waals surface area (Å²) in [4.78, 5) is 14.4. The van der Waals surface area contributed by atoms with E-state index in [9.17, 15) is 13.2 Å². The lowest BCUT2D eigenvalue weighted by Gasteiger charge is -2.00. The van der Waals surface area contributed by atoms with Crippen LogP contribution in [-0.4, -0.2) is 24.5 Å². The Balaban J connectivity index is 2.28. The molecule has 0 atom stereocenters. The summed E-state index contributed by atoms with van der Waals surface area (Å²) in [5.74, 6) is -1.97. The largest absolute Gasteiger partial charge is 0.475 e. The third-order valence-electron chi connectivity index (χ3n) is 2.20. The lowest BCUT2D eigenvalue weighted by atomic mass is 10.3. The first-order valence-electron chi connectivity index (χ1n) is 4.94. The number of nitrogens with zero attached hydrogens (tertiary/aromatic N) is 1. The number of furan rings is 1. The molecular weight excluding hydrogens is 258 g/mol. The third kappa shape index (κ3) is 2.57. The van der Waals surface area contributed by atoms with E-state index < -0.39 is 21.6 Å². The normalized spacial score (nSPS) is 11.3. The van der Waals surface area contributed by atoms with Gasteiger partial charge in [-0.3, -0.25) is 4.98 Å². The Bertz CT molecular complexity index is 660. The first-order valence-corrected chi connectivity index (χ1v) is 6.59. The van der Waals surface area contributed by atoms with Crippen molar-refractivity contribution in [2.45, 2.75) is 10.8 Å². The molecule has 18 heavy (non-hydrogen) atoms. The molecule has 94 valence electrons. The lowest BCUT2D eigenvalue weighted by Crippen LogP contribution is -2.04. The Labute approximate surface area is 103 Å². The summed E-state index contributed by atoms with van der Waals surface area (Å²) < 4.78 is 28.6. The zero-order valence-corrected chi connectivity index (χ0v) is 9.92. The van der Waals surface area contributed by atoms with E-state index in [0.717, 1.165) is 12.1 Å². The minimum Gasteiger partial charge on any atom is -0.475 e. The molecule has 0 aliphatic heterocycles. The van der Waals surface area contributed by atoms with Crippen LogP contribution in [0.2, 0.25) is 0 Å². The first kappa shape index (κ1) is 12.3. The fraction of sp³-hybridized carbons (Fsp3) is 0.0909. The lowest BCUT2D eigenvalue weighted by molar-refractivity contribution is 0.0656. The maximum Gasteiger partial charge on any atom is 0.371 e. The minimum absolute atomic E-state index is 0.262. The molecule has 0 bridgehead atoms. The SMILES string of the molecule is O=C(O)c1ccc(S(=O)(=O)Cc2ccncc2)o1. The Morgan fingerprint density at radius 3 is 2.44 bits per heavy atom. The molecule has 0 aliphatic carbocycles. The minimum atomic E-state index is -3.68. The van der Waals surface area contributed by atoms with E-state index in [0.29, 0.717) is 5.56 Å². The molecule has 0 spiro atoms. The number of carboxylic acid groups (broad SMARTS) is 1. The molecule has 0 amide bonds. The van der Waals surface area contributed by atoms with Gasteiger partial charge >= 0.3 is 5.97 Å². The molecular formula is C11H9NO5S. The molecule has 6 nitrogen and oxygen atoms in total. The number of pyridine rings is 1. The average molecular weight is 267 g/mol. The van der Waals surface area contributed by atoms with Crippen LogP contribution in [0, 0.1) is 0 Å². The highest BCUT2D eigenvalue weighted by molar-refractivity contribution is 7.90. The fourth-order valence-electron chi connectivity index (χ4n) is 1.37. The predicted octanol–water partition coefficient (Wildman–Crippen LogP) is 1.35. The average Bonchev–Trinajstić information content (AvgIpc) is 2.79. The highest BCUT2D eigenvalue weighted by Crippen LogP contribution is 2.19. The van der Waals surface area contributed by atoms with E-state index >= 15 is 0 Å². The second kappa shape index (κ2) is 4.61. The van der Waals surface area contributed by atoms with Crippen molar-refractivity contribution in [1.82, 2.24) is 4.98 Å². The van der Waals surface area contributed by atoms with Crippen LogP contribution in [0.3, 0.4) is 0 Å². The summed E-state index contributed by atoms with van der Waals surface area (Å²) in [5.41, 5.74) is 0.554. The highest BCUT2D eigenvalue weighted by Gasteiger charge is 2.21. The molecule has 1 N–H and O–H groups in total. The zero-order chi connectivity index (χ0) is 13.2. The van der Waals surface area contributed by atoms with Gasteiger partial charge in [0, 0.05) is 12.4 Å². The molecule has 0 unspecified atom stereocenters. The van der Waals surface area contributed by atoms with Crippen LogP contribution < -0.4 is 0 Å². The van der Waals surface area contributed by atoms with Gasteiger partial charge in [-0.05, 0) is 29.8 Å². The van der Waals surface area contributed by atoms with E-state index in [1.165, 1.54) is 12.4 Å². The van der Waals surface area contributed by atoms with Crippen molar-refractivity contribution in [2.24, 2.45) is 0 Å². The van der Waals surface area contributed by atoms with Gasteiger partial charge in [-0.25, -0.2) is 13.2 Å². The van der Waals surface area contributed by atoms with Crippen molar-refractivity contribution in [1.29, 1.82) is 0 Å². The molecule has 2 rings (SSSR count). The molecule has 0 saturated carbocycles. The number of sulfone groups is 1. The number of rotatable bonds is 4. The van der Waals surface area contributed by atoms with Gasteiger partial charge in [0.2, 0.25) is 20.7 Å². The van der Waals surface area contributed by atoms with Crippen LogP contribution >= 0.6 is 0 Å². The maximum absolute atomic E-state index is 11.9. The molecule has 0 radical (unpaired) electrons. The van der Waals surface area contributed by atoms with Gasteiger partial charge in [0.1, 0.15) is 0 Å². The van der Waals surface area contributed by atoms with Crippen molar-refractivity contribution in [3.63, 3.8) is 0 Å². The summed E-state index contributed by atoms with van der Waals surface area (Å²) in [5, 5.41) is 8.31. The second-order valence-corrected chi connectivity index (χ2v) is 5.46. The van der Waals surface area contributed by atoms with Crippen molar-refractivity contribution in [3.8, 4) is 0 Å². The van der Waals surface area contributed by atoms with E-state index in [2.05, 4.69) is 4.98 Å². The van der Waals surface area contributed by atoms with Gasteiger partial charge in [-0.15, -0.1) is 0 Å². The van der Waals surface area contributed by atoms with Crippen LogP contribution in [0.5, 0.6) is 0 Å². The highest BCUT2D eigenvalue weighted by atomic mass is 32.2. The van der Waals surface area contributed by atoms with Crippen molar-refractivity contribution >= 4 is 15.8 Å². The molecule has 0 saturated heterocycles. The predicted molar refractivity (Wildman–Crippen MR) is 60.8 cm³/mol. The number of hydrogen-bond acceptors (Lipinski definition) is 5. The maximum atomic E-state index is 11.9. The fourth-order valence-corrected chi connectivity index (χ4v) is 2.64. The number of carboxylic acids is 1. The van der Waals surface area contributed by atoms with E-state index in [4.69, 9.17) is 9.52 Å². The number of carbonyl (C=O) groups is 1. The van der Waals surface area contributed by atoms with E-state index in [1.54, 1.807) is 12.1 Å². The Morgan fingerprint density at radius 1 is 1.22 bits per heavy atom. The smallest absolute Gasteiger partial charge is 0.371 e. The zero-order valence-electron chi connectivity index (χ0n) is 9.11. The standard InChI is InChI=1S/C11H9NO5S/c13-11(14)9-1-2-10(17-9)18(15,16)7-8-3-5-12-6-4-8/h1-6H,7H2,(H,13,14). The molecule has 0 aromatic carbocycles. The second-order valence-electron chi connectivity index (χ2n) is 3.54. The van der Waals surface area contributed by atoms with Gasteiger partial charge in [-0.2, -0.15) is 0 Å². The quantitative estimate of drug-likeness (QED) is 0.897. The third-order valence-corrected chi connectivity index (χ3v) is 3.75. The van der Waals surface area contributed by atoms with E-state index in [1.807, 2.05) is 0 Å².